The summed E-state index contributed by atoms with van der Waals surface area (Å²) in [5.41, 5.74) is 0.200. The van der Waals surface area contributed by atoms with E-state index in [1.54, 1.807) is 24.3 Å². The summed E-state index contributed by atoms with van der Waals surface area (Å²) in [4.78, 5) is 13.9. The van der Waals surface area contributed by atoms with Crippen LogP contribution in [0.3, 0.4) is 0 Å². The molecule has 1 unspecified atom stereocenters. The summed E-state index contributed by atoms with van der Waals surface area (Å²) in [6.45, 7) is 1.11. The summed E-state index contributed by atoms with van der Waals surface area (Å²) >= 11 is 7.41. The van der Waals surface area contributed by atoms with E-state index in [0.29, 0.717) is 23.2 Å². The number of amides is 1. The molecule has 0 saturated heterocycles. The van der Waals surface area contributed by atoms with Gasteiger partial charge < -0.3 is 0 Å². The van der Waals surface area contributed by atoms with Crippen LogP contribution in [0.5, 0.6) is 0 Å². The number of hydrogen-bond acceptors (Lipinski definition) is 3. The first-order valence-corrected chi connectivity index (χ1v) is 9.97. The van der Waals surface area contributed by atoms with Crippen LogP contribution in [0.25, 0.3) is 0 Å². The Bertz CT molecular complexity index is 1110. The molecule has 3 nitrogen and oxygen atoms in total. The Hall–Kier alpha value is -2.64. The highest BCUT2D eigenvalue weighted by Crippen LogP contribution is 2.36. The van der Waals surface area contributed by atoms with Gasteiger partial charge in [-0.1, -0.05) is 29.8 Å². The summed E-state index contributed by atoms with van der Waals surface area (Å²) in [5, 5.41) is 7.87. The van der Waals surface area contributed by atoms with Crippen molar-refractivity contribution in [2.45, 2.75) is 19.4 Å². The van der Waals surface area contributed by atoms with E-state index < -0.39 is 40.5 Å². The van der Waals surface area contributed by atoms with Crippen molar-refractivity contribution in [1.29, 1.82) is 0 Å². The van der Waals surface area contributed by atoms with E-state index in [4.69, 9.17) is 11.6 Å². The second kappa shape index (κ2) is 7.65. The van der Waals surface area contributed by atoms with Gasteiger partial charge in [0.25, 0.3) is 5.91 Å². The molecule has 1 aliphatic heterocycles. The second-order valence-corrected chi connectivity index (χ2v) is 7.99. The van der Waals surface area contributed by atoms with Crippen molar-refractivity contribution in [2.75, 3.05) is 0 Å². The maximum atomic E-state index is 14.4. The van der Waals surface area contributed by atoms with Gasteiger partial charge in [-0.3, -0.25) is 4.79 Å². The Balaban J connectivity index is 1.79. The summed E-state index contributed by atoms with van der Waals surface area (Å²) < 4.78 is 42.5. The van der Waals surface area contributed by atoms with Crippen LogP contribution in [0.1, 0.15) is 38.8 Å². The van der Waals surface area contributed by atoms with E-state index >= 15 is 0 Å². The van der Waals surface area contributed by atoms with Crippen molar-refractivity contribution in [1.82, 2.24) is 5.01 Å². The fourth-order valence-corrected chi connectivity index (χ4v) is 4.05. The number of nitrogens with zero attached hydrogens (tertiary/aromatic N) is 2. The molecule has 0 saturated carbocycles. The predicted octanol–water partition coefficient (Wildman–Crippen LogP) is 6.12. The monoisotopic (exact) mass is 434 g/mol. The van der Waals surface area contributed by atoms with Gasteiger partial charge in [-0.2, -0.15) is 5.10 Å². The first-order valence-electron chi connectivity index (χ1n) is 8.71. The molecule has 2 aromatic carbocycles. The lowest BCUT2D eigenvalue weighted by Gasteiger charge is -2.22. The molecule has 0 fully saturated rings. The van der Waals surface area contributed by atoms with Gasteiger partial charge in [0.15, 0.2) is 11.6 Å². The molecule has 4 rings (SSSR count). The average molecular weight is 435 g/mol. The highest BCUT2D eigenvalue weighted by Gasteiger charge is 2.36. The molecule has 2 heterocycles. The quantitative estimate of drug-likeness (QED) is 0.457. The average Bonchev–Trinajstić information content (AvgIpc) is 3.39. The number of rotatable bonds is 3. The van der Waals surface area contributed by atoms with Crippen LogP contribution in [0, 0.1) is 24.4 Å². The van der Waals surface area contributed by atoms with Crippen LogP contribution in [-0.2, 0) is 0 Å². The SMILES string of the molecule is Cc1c(F)cc(C(=O)N2N=C(c3cccs3)CC2c2ccc(Cl)cc2)c(F)c1F. The van der Waals surface area contributed by atoms with Gasteiger partial charge in [0, 0.05) is 17.0 Å². The largest absolute Gasteiger partial charge is 0.277 e. The third-order valence-electron chi connectivity index (χ3n) is 4.80. The first-order chi connectivity index (χ1) is 13.9. The van der Waals surface area contributed by atoms with Crippen molar-refractivity contribution in [3.63, 3.8) is 0 Å². The fourth-order valence-electron chi connectivity index (χ4n) is 3.20. The zero-order valence-electron chi connectivity index (χ0n) is 15.1. The predicted molar refractivity (Wildman–Crippen MR) is 107 cm³/mol. The van der Waals surface area contributed by atoms with E-state index in [0.717, 1.165) is 22.4 Å². The molecule has 29 heavy (non-hydrogen) atoms. The topological polar surface area (TPSA) is 32.7 Å². The van der Waals surface area contributed by atoms with E-state index in [9.17, 15) is 18.0 Å². The second-order valence-electron chi connectivity index (χ2n) is 6.60. The molecule has 0 aliphatic carbocycles. The molecule has 1 aliphatic rings. The van der Waals surface area contributed by atoms with Crippen LogP contribution in [-0.4, -0.2) is 16.6 Å². The number of carbonyl (C=O) groups is 1. The number of thiophene rings is 1. The molecule has 8 heteroatoms. The van der Waals surface area contributed by atoms with Gasteiger partial charge in [-0.15, -0.1) is 11.3 Å². The Morgan fingerprint density at radius 2 is 1.90 bits per heavy atom. The molecule has 148 valence electrons. The number of hydrazone groups is 1. The van der Waals surface area contributed by atoms with Gasteiger partial charge in [-0.25, -0.2) is 18.2 Å². The number of hydrogen-bond donors (Lipinski definition) is 0. The molecule has 1 aromatic heterocycles. The van der Waals surface area contributed by atoms with Crippen molar-refractivity contribution in [2.24, 2.45) is 5.10 Å². The van der Waals surface area contributed by atoms with Crippen LogP contribution in [0.15, 0.2) is 52.9 Å². The minimum Gasteiger partial charge on any atom is -0.267 e. The maximum absolute atomic E-state index is 14.4. The molecular formula is C21H14ClF3N2OS. The van der Waals surface area contributed by atoms with E-state index in [1.165, 1.54) is 11.3 Å². The van der Waals surface area contributed by atoms with E-state index in [-0.39, 0.29) is 0 Å². The van der Waals surface area contributed by atoms with E-state index in [1.807, 2.05) is 17.5 Å². The summed E-state index contributed by atoms with van der Waals surface area (Å²) in [6.07, 6.45) is 0.381. The van der Waals surface area contributed by atoms with Gasteiger partial charge in [0.1, 0.15) is 5.82 Å². The van der Waals surface area contributed by atoms with Crippen molar-refractivity contribution in [3.05, 3.63) is 91.9 Å². The molecule has 0 N–H and O–H groups in total. The summed E-state index contributed by atoms with van der Waals surface area (Å²) in [5.74, 6) is -4.66. The zero-order chi connectivity index (χ0) is 20.7. The Morgan fingerprint density at radius 3 is 2.55 bits per heavy atom. The standard InChI is InChI=1S/C21H14ClF3N2OS/c1-11-15(23)9-14(20(25)19(11)24)21(28)27-17(12-4-6-13(22)7-5-12)10-16(26-27)18-3-2-8-29-18/h2-9,17H,10H2,1H3. The highest BCUT2D eigenvalue weighted by atomic mass is 35.5. The minimum absolute atomic E-state index is 0.381. The third kappa shape index (κ3) is 3.56. The summed E-state index contributed by atoms with van der Waals surface area (Å²) in [7, 11) is 0. The normalized spacial score (nSPS) is 16.2. The van der Waals surface area contributed by atoms with Crippen molar-refractivity contribution < 1.29 is 18.0 Å². The molecular weight excluding hydrogens is 421 g/mol. The number of benzene rings is 2. The van der Waals surface area contributed by atoms with Crippen LogP contribution in [0.4, 0.5) is 13.2 Å². The molecule has 1 amide bonds. The lowest BCUT2D eigenvalue weighted by atomic mass is 10.0. The van der Waals surface area contributed by atoms with Crippen molar-refractivity contribution in [3.8, 4) is 0 Å². The molecule has 0 spiro atoms. The Kier molecular flexibility index (Phi) is 5.19. The minimum atomic E-state index is -1.39. The molecule has 0 radical (unpaired) electrons. The third-order valence-corrected chi connectivity index (χ3v) is 5.97. The van der Waals surface area contributed by atoms with Crippen LogP contribution < -0.4 is 0 Å². The number of halogens is 4. The van der Waals surface area contributed by atoms with Crippen LogP contribution >= 0.6 is 22.9 Å². The Morgan fingerprint density at radius 1 is 1.17 bits per heavy atom. The lowest BCUT2D eigenvalue weighted by Crippen LogP contribution is -2.28. The van der Waals surface area contributed by atoms with Gasteiger partial charge in [0.2, 0.25) is 0 Å². The van der Waals surface area contributed by atoms with Gasteiger partial charge in [-0.05, 0) is 42.1 Å². The highest BCUT2D eigenvalue weighted by molar-refractivity contribution is 7.12. The fraction of sp³-hybridized carbons (Fsp3) is 0.143. The van der Waals surface area contributed by atoms with Gasteiger partial charge >= 0.3 is 0 Å². The molecule has 1 atom stereocenters. The van der Waals surface area contributed by atoms with E-state index in [2.05, 4.69) is 5.10 Å². The smallest absolute Gasteiger partial charge is 0.267 e. The zero-order valence-corrected chi connectivity index (χ0v) is 16.7. The van der Waals surface area contributed by atoms with Gasteiger partial charge in [0.05, 0.1) is 22.2 Å². The van der Waals surface area contributed by atoms with Crippen LogP contribution in [0.2, 0.25) is 5.02 Å². The van der Waals surface area contributed by atoms with Crippen molar-refractivity contribution >= 4 is 34.6 Å². The maximum Gasteiger partial charge on any atom is 0.277 e. The first kappa shape index (κ1) is 19.7. The lowest BCUT2D eigenvalue weighted by molar-refractivity contribution is 0.0704. The molecule has 0 bridgehead atoms. The summed E-state index contributed by atoms with van der Waals surface area (Å²) in [6, 6.07) is 10.7. The Labute approximate surface area is 174 Å². The molecule has 3 aromatic rings. The number of carbonyl (C=O) groups excluding carboxylic acids is 1.